The number of alkyl halides is 5. The fourth-order valence-electron chi connectivity index (χ4n) is 5.58. The smallest absolute Gasteiger partial charge is 0.460 e. The van der Waals surface area contributed by atoms with Gasteiger partial charge in [-0.15, -0.1) is 0 Å². The van der Waals surface area contributed by atoms with Gasteiger partial charge in [-0.05, 0) is 62.2 Å². The lowest BCUT2D eigenvalue weighted by Gasteiger charge is -2.55. The largest absolute Gasteiger partial charge is 0.468 e. The zero-order valence-electron chi connectivity index (χ0n) is 18.6. The summed E-state index contributed by atoms with van der Waals surface area (Å²) in [6.45, 7) is -0.241. The second-order valence-corrected chi connectivity index (χ2v) is 11.6. The number of halogens is 5. The first-order valence-corrected chi connectivity index (χ1v) is 12.3. The zero-order chi connectivity index (χ0) is 25.7. The molecule has 8 nitrogen and oxygen atoms in total. The molecule has 4 bridgehead atoms. The molecule has 0 saturated heterocycles. The van der Waals surface area contributed by atoms with Gasteiger partial charge in [0.1, 0.15) is 6.61 Å². The summed E-state index contributed by atoms with van der Waals surface area (Å²) in [4.78, 5) is 25.7. The molecule has 4 saturated carbocycles. The van der Waals surface area contributed by atoms with E-state index in [1.54, 1.807) is 0 Å². The highest BCUT2D eigenvalue weighted by atomic mass is 32.2. The van der Waals surface area contributed by atoms with Gasteiger partial charge in [-0.25, -0.2) is 4.79 Å². The molecule has 14 heteroatoms. The summed E-state index contributed by atoms with van der Waals surface area (Å²) in [6, 6.07) is 0. The molecule has 0 radical (unpaired) electrons. The average molecular weight is 522 g/mol. The van der Waals surface area contributed by atoms with Crippen molar-refractivity contribution in [1.82, 2.24) is 0 Å². The molecule has 0 aromatic rings. The minimum absolute atomic E-state index is 0.0942. The van der Waals surface area contributed by atoms with E-state index < -0.39 is 63.8 Å². The van der Waals surface area contributed by atoms with Crippen LogP contribution in [0, 0.1) is 29.1 Å². The fourth-order valence-corrected chi connectivity index (χ4v) is 5.79. The normalized spacial score (nSPS) is 30.8. The molecule has 1 atom stereocenters. The molecule has 4 rings (SSSR count). The number of esters is 2. The van der Waals surface area contributed by atoms with Crippen LogP contribution < -0.4 is 0 Å². The highest BCUT2D eigenvalue weighted by Crippen LogP contribution is 2.61. The fraction of sp³-hybridized carbons (Fsp3) is 0.900. The zero-order valence-corrected chi connectivity index (χ0v) is 19.4. The first kappa shape index (κ1) is 27.1. The van der Waals surface area contributed by atoms with E-state index in [0.29, 0.717) is 0 Å². The predicted octanol–water partition coefficient (Wildman–Crippen LogP) is 3.70. The second kappa shape index (κ2) is 8.84. The summed E-state index contributed by atoms with van der Waals surface area (Å²) < 4.78 is 114. The van der Waals surface area contributed by atoms with Gasteiger partial charge in [-0.2, -0.15) is 30.4 Å². The maximum absolute atomic E-state index is 14.2. The van der Waals surface area contributed by atoms with Crippen LogP contribution in [0.4, 0.5) is 22.0 Å². The standard InChI is InChI=1S/C20H27F5O8S/c1-11(2)9-31-16(27)19(20(23,24)25,32-10-18(21,22)34(28,29)30)33-15(26)17-6-12-3-13(7-17)5-14(4-12)8-17/h11-14H,3-10H2,1-2H3,(H,28,29,30). The molecule has 1 N–H and O–H groups in total. The minimum Gasteiger partial charge on any atom is -0.460 e. The molecule has 4 aliphatic carbocycles. The number of carbonyl (C=O) groups excluding carboxylic acids is 2. The summed E-state index contributed by atoms with van der Waals surface area (Å²) in [5, 5.41) is -5.23. The lowest BCUT2D eigenvalue weighted by molar-refractivity contribution is -0.364. The van der Waals surface area contributed by atoms with Gasteiger partial charge in [0.25, 0.3) is 0 Å². The third-order valence-corrected chi connectivity index (χ3v) is 7.59. The average Bonchev–Trinajstić information content (AvgIpc) is 2.66. The predicted molar refractivity (Wildman–Crippen MR) is 104 cm³/mol. The molecule has 0 aromatic carbocycles. The molecule has 196 valence electrons. The number of carbonyl (C=O) groups is 2. The Morgan fingerprint density at radius 2 is 1.47 bits per heavy atom. The maximum Gasteiger partial charge on any atom is 0.468 e. The van der Waals surface area contributed by atoms with Crippen LogP contribution in [-0.4, -0.2) is 55.3 Å². The summed E-state index contributed by atoms with van der Waals surface area (Å²) in [5.74, 6) is -8.59. The van der Waals surface area contributed by atoms with E-state index in [1.807, 2.05) is 0 Å². The number of ether oxygens (including phenoxy) is 3. The molecular formula is C20H27F5O8S. The van der Waals surface area contributed by atoms with Crippen LogP contribution in [0.5, 0.6) is 0 Å². The summed E-state index contributed by atoms with van der Waals surface area (Å²) in [5.41, 5.74) is -1.33. The van der Waals surface area contributed by atoms with Crippen LogP contribution in [0.25, 0.3) is 0 Å². The van der Waals surface area contributed by atoms with E-state index in [4.69, 9.17) is 4.55 Å². The Labute approximate surface area is 193 Å². The lowest BCUT2D eigenvalue weighted by Crippen LogP contribution is -2.62. The van der Waals surface area contributed by atoms with Crippen LogP contribution in [0.1, 0.15) is 52.4 Å². The highest BCUT2D eigenvalue weighted by Gasteiger charge is 2.70. The third kappa shape index (κ3) is 5.03. The Kier molecular flexibility index (Phi) is 7.03. The molecule has 34 heavy (non-hydrogen) atoms. The van der Waals surface area contributed by atoms with Crippen LogP contribution >= 0.6 is 0 Å². The van der Waals surface area contributed by atoms with Crippen LogP contribution in [0.15, 0.2) is 0 Å². The quantitative estimate of drug-likeness (QED) is 0.211. The third-order valence-electron chi connectivity index (χ3n) is 6.72. The van der Waals surface area contributed by atoms with E-state index in [2.05, 4.69) is 14.2 Å². The first-order valence-electron chi connectivity index (χ1n) is 10.9. The number of hydrogen-bond donors (Lipinski definition) is 1. The second-order valence-electron chi connectivity index (χ2n) is 10.1. The molecule has 0 aliphatic heterocycles. The van der Waals surface area contributed by atoms with Crippen molar-refractivity contribution in [2.45, 2.75) is 69.6 Å². The Morgan fingerprint density at radius 1 is 1.00 bits per heavy atom. The minimum atomic E-state index is -6.21. The molecule has 4 fully saturated rings. The van der Waals surface area contributed by atoms with Gasteiger partial charge in [0.15, 0.2) is 0 Å². The van der Waals surface area contributed by atoms with Gasteiger partial charge >= 0.3 is 39.3 Å². The Balaban J connectivity index is 1.95. The summed E-state index contributed by atoms with van der Waals surface area (Å²) >= 11 is 0. The van der Waals surface area contributed by atoms with Crippen molar-refractivity contribution in [1.29, 1.82) is 0 Å². The molecule has 0 heterocycles. The molecule has 4 aliphatic rings. The van der Waals surface area contributed by atoms with Gasteiger partial charge in [-0.1, -0.05) is 13.8 Å². The van der Waals surface area contributed by atoms with E-state index in [-0.39, 0.29) is 37.0 Å². The van der Waals surface area contributed by atoms with Crippen LogP contribution in [-0.2, 0) is 33.9 Å². The van der Waals surface area contributed by atoms with E-state index in [9.17, 15) is 40.0 Å². The molecule has 0 spiro atoms. The molecule has 1 unspecified atom stereocenters. The maximum atomic E-state index is 14.2. The van der Waals surface area contributed by atoms with Crippen molar-refractivity contribution in [3.63, 3.8) is 0 Å². The van der Waals surface area contributed by atoms with Gasteiger partial charge in [0, 0.05) is 0 Å². The summed E-state index contributed by atoms with van der Waals surface area (Å²) in [6.07, 6.45) is -2.75. The van der Waals surface area contributed by atoms with Crippen molar-refractivity contribution in [2.75, 3.05) is 13.2 Å². The van der Waals surface area contributed by atoms with Crippen LogP contribution in [0.3, 0.4) is 0 Å². The van der Waals surface area contributed by atoms with Crippen molar-refractivity contribution < 1.29 is 58.7 Å². The van der Waals surface area contributed by atoms with E-state index in [1.165, 1.54) is 13.8 Å². The van der Waals surface area contributed by atoms with E-state index in [0.717, 1.165) is 19.3 Å². The van der Waals surface area contributed by atoms with Gasteiger partial charge in [-0.3, -0.25) is 9.35 Å². The Hall–Kier alpha value is -1.54. The van der Waals surface area contributed by atoms with Gasteiger partial charge in [0.05, 0.1) is 12.0 Å². The van der Waals surface area contributed by atoms with Crippen molar-refractivity contribution in [3.8, 4) is 0 Å². The molecule has 0 amide bonds. The highest BCUT2D eigenvalue weighted by molar-refractivity contribution is 7.86. The van der Waals surface area contributed by atoms with Gasteiger partial charge in [0.2, 0.25) is 0 Å². The first-order chi connectivity index (χ1) is 15.4. The van der Waals surface area contributed by atoms with Crippen molar-refractivity contribution in [3.05, 3.63) is 0 Å². The molecule has 0 aromatic heterocycles. The van der Waals surface area contributed by atoms with E-state index >= 15 is 0 Å². The summed E-state index contributed by atoms with van der Waals surface area (Å²) in [7, 11) is -6.21. The topological polar surface area (TPSA) is 116 Å². The molecular weight excluding hydrogens is 495 g/mol. The van der Waals surface area contributed by atoms with Crippen molar-refractivity contribution in [2.24, 2.45) is 29.1 Å². The van der Waals surface area contributed by atoms with Gasteiger partial charge < -0.3 is 14.2 Å². The number of hydrogen-bond acceptors (Lipinski definition) is 7. The number of rotatable bonds is 9. The monoisotopic (exact) mass is 522 g/mol. The Bertz CT molecular complexity index is 881. The Morgan fingerprint density at radius 3 is 1.85 bits per heavy atom. The van der Waals surface area contributed by atoms with Crippen molar-refractivity contribution >= 4 is 22.1 Å². The van der Waals surface area contributed by atoms with Crippen LogP contribution in [0.2, 0.25) is 0 Å². The SMILES string of the molecule is CC(C)COC(=O)C(OCC(F)(F)S(=O)(=O)O)(OC(=O)C12CC3CC(CC(C3)C1)C2)C(F)(F)F. The lowest BCUT2D eigenvalue weighted by atomic mass is 9.49.